The van der Waals surface area contributed by atoms with Gasteiger partial charge in [-0.1, -0.05) is 0 Å². The predicted molar refractivity (Wildman–Crippen MR) is 45.4 cm³/mol. The number of hydroxylamine groups is 2. The number of halogens is 1. The van der Waals surface area contributed by atoms with Crippen LogP contribution >= 0.6 is 11.3 Å². The van der Waals surface area contributed by atoms with E-state index in [9.17, 15) is 4.39 Å². The minimum absolute atomic E-state index is 0.216. The zero-order chi connectivity index (χ0) is 8.55. The normalized spacial score (nSPS) is 18.8. The van der Waals surface area contributed by atoms with Gasteiger partial charge in [0, 0.05) is 10.9 Å². The maximum absolute atomic E-state index is 13.0. The van der Waals surface area contributed by atoms with Crippen LogP contribution in [-0.2, 0) is 6.54 Å². The zero-order valence-electron chi connectivity index (χ0n) is 6.50. The highest BCUT2D eigenvalue weighted by Crippen LogP contribution is 2.32. The van der Waals surface area contributed by atoms with E-state index in [4.69, 9.17) is 4.84 Å². The van der Waals surface area contributed by atoms with Gasteiger partial charge < -0.3 is 4.84 Å². The van der Waals surface area contributed by atoms with E-state index < -0.39 is 6.30 Å². The molecule has 0 saturated heterocycles. The van der Waals surface area contributed by atoms with Crippen molar-refractivity contribution in [1.82, 2.24) is 5.06 Å². The first-order chi connectivity index (χ1) is 5.81. The first-order valence-electron chi connectivity index (χ1n) is 3.74. The van der Waals surface area contributed by atoms with E-state index in [1.165, 1.54) is 5.06 Å². The summed E-state index contributed by atoms with van der Waals surface area (Å²) >= 11 is 1.57. The Morgan fingerprint density at radius 2 is 2.58 bits per heavy atom. The first kappa shape index (κ1) is 8.01. The molecule has 0 bridgehead atoms. The molecule has 1 aliphatic rings. The van der Waals surface area contributed by atoms with Crippen LogP contribution in [0.3, 0.4) is 0 Å². The third-order valence-electron chi connectivity index (χ3n) is 1.79. The third kappa shape index (κ3) is 1.21. The molecule has 0 spiro atoms. The van der Waals surface area contributed by atoms with Crippen molar-refractivity contribution in [3.63, 3.8) is 0 Å². The standard InChI is InChI=1S/C8H9FNOS/c1-2-8(9)10-3-6-4-12-5-7(6)11-10/h4-5,8H,1-3H2/t8-/m0/s1. The van der Waals surface area contributed by atoms with E-state index in [0.717, 1.165) is 11.3 Å². The first-order valence-corrected chi connectivity index (χ1v) is 4.68. The average Bonchev–Trinajstić information content (AvgIpc) is 2.60. The summed E-state index contributed by atoms with van der Waals surface area (Å²) in [6.45, 7) is 4.02. The molecule has 4 heteroatoms. The highest BCUT2D eigenvalue weighted by molar-refractivity contribution is 7.08. The fourth-order valence-corrected chi connectivity index (χ4v) is 1.87. The molecule has 1 aromatic heterocycles. The van der Waals surface area contributed by atoms with Crippen molar-refractivity contribution in [3.8, 4) is 5.75 Å². The maximum atomic E-state index is 13.0. The molecule has 2 nitrogen and oxygen atoms in total. The van der Waals surface area contributed by atoms with Crippen molar-refractivity contribution in [2.24, 2.45) is 0 Å². The quantitative estimate of drug-likeness (QED) is 0.657. The molecule has 0 aliphatic carbocycles. The zero-order valence-corrected chi connectivity index (χ0v) is 7.31. The molecule has 12 heavy (non-hydrogen) atoms. The van der Waals surface area contributed by atoms with Crippen molar-refractivity contribution in [1.29, 1.82) is 0 Å². The topological polar surface area (TPSA) is 12.5 Å². The molecule has 0 fully saturated rings. The van der Waals surface area contributed by atoms with Crippen LogP contribution in [0.15, 0.2) is 10.8 Å². The Balaban J connectivity index is 2.07. The van der Waals surface area contributed by atoms with Crippen molar-refractivity contribution in [2.45, 2.75) is 19.3 Å². The van der Waals surface area contributed by atoms with Crippen molar-refractivity contribution >= 4 is 11.3 Å². The maximum Gasteiger partial charge on any atom is 0.185 e. The average molecular weight is 186 g/mol. The molecule has 1 atom stereocenters. The summed E-state index contributed by atoms with van der Waals surface area (Å²) in [6.07, 6.45) is -0.879. The van der Waals surface area contributed by atoms with Gasteiger partial charge >= 0.3 is 0 Å². The van der Waals surface area contributed by atoms with Gasteiger partial charge in [0.05, 0.1) is 6.54 Å². The lowest BCUT2D eigenvalue weighted by Crippen LogP contribution is -2.29. The molecule has 2 rings (SSSR count). The van der Waals surface area contributed by atoms with Crippen molar-refractivity contribution in [3.05, 3.63) is 23.2 Å². The van der Waals surface area contributed by atoms with Crippen LogP contribution in [0.25, 0.3) is 0 Å². The second-order valence-electron chi connectivity index (χ2n) is 2.65. The molecule has 0 aromatic carbocycles. The van der Waals surface area contributed by atoms with Gasteiger partial charge in [-0.3, -0.25) is 0 Å². The van der Waals surface area contributed by atoms with E-state index in [0.29, 0.717) is 6.54 Å². The number of thiophene rings is 1. The smallest absolute Gasteiger partial charge is 0.185 e. The second-order valence-corrected chi connectivity index (χ2v) is 3.39. The minimum Gasteiger partial charge on any atom is -0.402 e. The summed E-state index contributed by atoms with van der Waals surface area (Å²) in [5.41, 5.74) is 1.07. The highest BCUT2D eigenvalue weighted by atomic mass is 32.1. The lowest BCUT2D eigenvalue weighted by atomic mass is 10.3. The fraction of sp³-hybridized carbons (Fsp3) is 0.375. The summed E-state index contributed by atoms with van der Waals surface area (Å²) in [6, 6.07) is 0. The van der Waals surface area contributed by atoms with Crippen LogP contribution in [0, 0.1) is 6.92 Å². The minimum atomic E-state index is -1.10. The fourth-order valence-electron chi connectivity index (χ4n) is 1.13. The van der Waals surface area contributed by atoms with E-state index in [2.05, 4.69) is 6.92 Å². The summed E-state index contributed by atoms with van der Waals surface area (Å²) in [7, 11) is 0. The Bertz CT molecular complexity index is 255. The van der Waals surface area contributed by atoms with Gasteiger partial charge in [-0.15, -0.1) is 16.4 Å². The Kier molecular flexibility index (Phi) is 2.02. The molecule has 65 valence electrons. The molecule has 0 amide bonds. The van der Waals surface area contributed by atoms with E-state index in [-0.39, 0.29) is 6.42 Å². The van der Waals surface area contributed by atoms with Gasteiger partial charge in [0.25, 0.3) is 0 Å². The van der Waals surface area contributed by atoms with Crippen molar-refractivity contribution in [2.75, 3.05) is 0 Å². The van der Waals surface area contributed by atoms with Crippen LogP contribution in [0.1, 0.15) is 12.0 Å². The Hall–Kier alpha value is -0.610. The largest absolute Gasteiger partial charge is 0.402 e. The summed E-state index contributed by atoms with van der Waals surface area (Å²) in [5.74, 6) is 0.788. The van der Waals surface area contributed by atoms with Gasteiger partial charge in [0.2, 0.25) is 0 Å². The van der Waals surface area contributed by atoms with Crippen LogP contribution in [0.4, 0.5) is 4.39 Å². The summed E-state index contributed by atoms with van der Waals surface area (Å²) in [4.78, 5) is 5.23. The number of hydrogen-bond donors (Lipinski definition) is 0. The molecule has 1 aliphatic heterocycles. The monoisotopic (exact) mass is 186 g/mol. The van der Waals surface area contributed by atoms with E-state index in [1.54, 1.807) is 11.3 Å². The van der Waals surface area contributed by atoms with E-state index in [1.807, 2.05) is 10.8 Å². The van der Waals surface area contributed by atoms with Gasteiger partial charge in [-0.05, 0) is 18.7 Å². The number of alkyl halides is 1. The van der Waals surface area contributed by atoms with Crippen LogP contribution in [-0.4, -0.2) is 11.4 Å². The molecular formula is C8H9FNOS. The number of fused-ring (bicyclic) bond motifs is 1. The number of hydrogen-bond acceptors (Lipinski definition) is 3. The lowest BCUT2D eigenvalue weighted by Gasteiger charge is -2.17. The van der Waals surface area contributed by atoms with Crippen LogP contribution in [0.5, 0.6) is 5.75 Å². The predicted octanol–water partition coefficient (Wildman–Crippen LogP) is 2.38. The van der Waals surface area contributed by atoms with Gasteiger partial charge in [0.15, 0.2) is 12.0 Å². The van der Waals surface area contributed by atoms with Gasteiger partial charge in [-0.2, -0.15) is 0 Å². The SMILES string of the molecule is [CH2]C[C@@H](F)N1Cc2cscc2O1. The molecular weight excluding hydrogens is 177 g/mol. The number of nitrogens with zero attached hydrogens (tertiary/aromatic N) is 1. The Morgan fingerprint density at radius 3 is 3.25 bits per heavy atom. The lowest BCUT2D eigenvalue weighted by molar-refractivity contribution is -0.127. The highest BCUT2D eigenvalue weighted by Gasteiger charge is 2.27. The number of rotatable bonds is 2. The van der Waals surface area contributed by atoms with Gasteiger partial charge in [-0.25, -0.2) is 4.39 Å². The molecule has 1 aromatic rings. The molecule has 0 saturated carbocycles. The van der Waals surface area contributed by atoms with Crippen LogP contribution in [0.2, 0.25) is 0 Å². The van der Waals surface area contributed by atoms with Crippen LogP contribution < -0.4 is 4.84 Å². The molecule has 0 unspecified atom stereocenters. The Labute approximate surface area is 74.5 Å². The molecule has 2 heterocycles. The van der Waals surface area contributed by atoms with Crippen molar-refractivity contribution < 1.29 is 9.23 Å². The summed E-state index contributed by atoms with van der Waals surface area (Å²) < 4.78 is 13.0. The van der Waals surface area contributed by atoms with E-state index >= 15 is 0 Å². The van der Waals surface area contributed by atoms with Gasteiger partial charge in [0.1, 0.15) is 0 Å². The summed E-state index contributed by atoms with van der Waals surface area (Å²) in [5, 5.41) is 5.18. The molecule has 0 N–H and O–H groups in total. The second kappa shape index (κ2) is 3.03. The Morgan fingerprint density at radius 1 is 1.75 bits per heavy atom. The molecule has 1 radical (unpaired) electrons. The third-order valence-corrected chi connectivity index (χ3v) is 2.57.